The summed E-state index contributed by atoms with van der Waals surface area (Å²) in [7, 11) is 1.46. The van der Waals surface area contributed by atoms with Crippen molar-refractivity contribution in [1.82, 2.24) is 25.0 Å². The first-order chi connectivity index (χ1) is 13.3. The van der Waals surface area contributed by atoms with Crippen molar-refractivity contribution in [3.63, 3.8) is 0 Å². The molecular weight excluding hydrogens is 366 g/mol. The first kappa shape index (κ1) is 19.8. The molecule has 0 unspecified atom stereocenters. The summed E-state index contributed by atoms with van der Waals surface area (Å²) in [4.78, 5) is 58.3. The average Bonchev–Trinajstić information content (AvgIpc) is 3.27. The Morgan fingerprint density at radius 2 is 1.96 bits per heavy atom. The van der Waals surface area contributed by atoms with E-state index in [2.05, 4.69) is 10.3 Å². The lowest BCUT2D eigenvalue weighted by Crippen LogP contribution is -2.58. The second kappa shape index (κ2) is 7.61. The predicted octanol–water partition coefficient (Wildman–Crippen LogP) is 0.316. The molecule has 2 aliphatic heterocycles. The molecule has 0 aliphatic carbocycles. The van der Waals surface area contributed by atoms with Crippen molar-refractivity contribution in [1.29, 1.82) is 0 Å². The number of likely N-dealkylation sites (N-methyl/N-ethyl adjacent to an activating group) is 1. The summed E-state index contributed by atoms with van der Waals surface area (Å²) in [5, 5.41) is 2.44. The van der Waals surface area contributed by atoms with Gasteiger partial charge in [-0.05, 0) is 18.8 Å². The van der Waals surface area contributed by atoms with Gasteiger partial charge >= 0.3 is 6.03 Å². The van der Waals surface area contributed by atoms with Gasteiger partial charge in [-0.25, -0.2) is 9.78 Å². The Kier molecular flexibility index (Phi) is 5.39. The monoisotopic (exact) mass is 391 g/mol. The van der Waals surface area contributed by atoms with Gasteiger partial charge in [0, 0.05) is 26.7 Å². The number of imide groups is 1. The maximum atomic E-state index is 13.2. The highest BCUT2D eigenvalue weighted by molar-refractivity contribution is 6.09. The number of hydrogen-bond acceptors (Lipinski definition) is 6. The van der Waals surface area contributed by atoms with Gasteiger partial charge in [-0.2, -0.15) is 0 Å². The number of nitrogens with zero attached hydrogens (tertiary/aromatic N) is 4. The fourth-order valence-corrected chi connectivity index (χ4v) is 3.80. The van der Waals surface area contributed by atoms with Crippen LogP contribution in [0.4, 0.5) is 4.79 Å². The largest absolute Gasteiger partial charge is 0.438 e. The van der Waals surface area contributed by atoms with Gasteiger partial charge in [0.1, 0.15) is 12.1 Å². The van der Waals surface area contributed by atoms with E-state index in [4.69, 9.17) is 4.42 Å². The molecular formula is C18H25N5O5. The number of nitrogens with one attached hydrogen (secondary N) is 1. The highest BCUT2D eigenvalue weighted by Crippen LogP contribution is 2.38. The molecule has 0 atom stereocenters. The van der Waals surface area contributed by atoms with Crippen LogP contribution in [0.5, 0.6) is 0 Å². The van der Waals surface area contributed by atoms with Crippen molar-refractivity contribution < 1.29 is 23.6 Å². The number of aromatic nitrogens is 1. The minimum absolute atomic E-state index is 0.144. The van der Waals surface area contributed by atoms with Crippen LogP contribution in [0.15, 0.2) is 17.0 Å². The number of hydrogen-bond donors (Lipinski definition) is 1. The first-order valence-electron chi connectivity index (χ1n) is 9.32. The van der Waals surface area contributed by atoms with E-state index in [0.717, 1.165) is 4.90 Å². The van der Waals surface area contributed by atoms with Crippen LogP contribution in [0, 0.1) is 5.92 Å². The van der Waals surface area contributed by atoms with E-state index in [1.165, 1.54) is 19.6 Å². The van der Waals surface area contributed by atoms with Gasteiger partial charge in [0.25, 0.3) is 11.8 Å². The molecule has 10 nitrogen and oxygen atoms in total. The third kappa shape index (κ3) is 3.34. The summed E-state index contributed by atoms with van der Waals surface area (Å²) in [6.45, 7) is 4.66. The Morgan fingerprint density at radius 3 is 2.50 bits per heavy atom. The lowest BCUT2D eigenvalue weighted by atomic mass is 9.85. The van der Waals surface area contributed by atoms with E-state index in [1.54, 1.807) is 9.80 Å². The van der Waals surface area contributed by atoms with Crippen LogP contribution in [0.1, 0.15) is 37.2 Å². The van der Waals surface area contributed by atoms with Crippen LogP contribution in [-0.4, -0.2) is 82.2 Å². The van der Waals surface area contributed by atoms with Crippen LogP contribution in [0.2, 0.25) is 0 Å². The number of rotatable bonds is 5. The Balaban J connectivity index is 1.81. The number of carbonyl (C=O) groups excluding carboxylic acids is 4. The molecule has 1 aromatic rings. The van der Waals surface area contributed by atoms with Crippen LogP contribution in [0.3, 0.4) is 0 Å². The zero-order valence-electron chi connectivity index (χ0n) is 16.3. The van der Waals surface area contributed by atoms with Crippen molar-refractivity contribution in [2.75, 3.05) is 33.2 Å². The number of likely N-dealkylation sites (tertiary alicyclic amines) is 1. The normalized spacial score (nSPS) is 19.1. The second-order valence-electron chi connectivity index (χ2n) is 7.54. The zero-order valence-corrected chi connectivity index (χ0v) is 16.3. The summed E-state index contributed by atoms with van der Waals surface area (Å²) in [6, 6.07) is -0.447. The molecule has 0 radical (unpaired) electrons. The van der Waals surface area contributed by atoms with Gasteiger partial charge in [0.15, 0.2) is 6.39 Å². The Bertz CT molecular complexity index is 767. The third-order valence-electron chi connectivity index (χ3n) is 5.27. The van der Waals surface area contributed by atoms with Crippen LogP contribution in [-0.2, 0) is 9.59 Å². The second-order valence-corrected chi connectivity index (χ2v) is 7.54. The molecule has 3 heterocycles. The van der Waals surface area contributed by atoms with Crippen molar-refractivity contribution in [2.24, 2.45) is 5.92 Å². The van der Waals surface area contributed by atoms with E-state index < -0.39 is 17.5 Å². The molecule has 28 heavy (non-hydrogen) atoms. The lowest BCUT2D eigenvalue weighted by molar-refractivity contribution is -0.138. The maximum Gasteiger partial charge on any atom is 0.328 e. The van der Waals surface area contributed by atoms with E-state index in [1.807, 2.05) is 13.8 Å². The van der Waals surface area contributed by atoms with E-state index in [9.17, 15) is 19.2 Å². The number of oxazole rings is 1. The van der Waals surface area contributed by atoms with E-state index in [-0.39, 0.29) is 30.0 Å². The molecule has 152 valence electrons. The number of amides is 5. The van der Waals surface area contributed by atoms with Gasteiger partial charge in [-0.1, -0.05) is 13.8 Å². The number of carbonyl (C=O) groups is 4. The number of piperidine rings is 1. The molecule has 2 aliphatic rings. The summed E-state index contributed by atoms with van der Waals surface area (Å²) in [5.74, 6) is -0.760. The quantitative estimate of drug-likeness (QED) is 0.723. The van der Waals surface area contributed by atoms with Crippen molar-refractivity contribution in [3.05, 3.63) is 18.4 Å². The number of urea groups is 1. The zero-order chi connectivity index (χ0) is 20.5. The molecule has 0 bridgehead atoms. The van der Waals surface area contributed by atoms with Gasteiger partial charge in [-0.3, -0.25) is 19.3 Å². The molecule has 2 fully saturated rings. The predicted molar refractivity (Wildman–Crippen MR) is 97.1 cm³/mol. The summed E-state index contributed by atoms with van der Waals surface area (Å²) < 4.78 is 5.06. The topological polar surface area (TPSA) is 116 Å². The van der Waals surface area contributed by atoms with Crippen molar-refractivity contribution >= 4 is 23.8 Å². The van der Waals surface area contributed by atoms with Crippen molar-refractivity contribution in [3.8, 4) is 0 Å². The van der Waals surface area contributed by atoms with Gasteiger partial charge < -0.3 is 19.5 Å². The highest BCUT2D eigenvalue weighted by atomic mass is 16.3. The Labute approximate surface area is 162 Å². The van der Waals surface area contributed by atoms with Crippen LogP contribution < -0.4 is 5.32 Å². The smallest absolute Gasteiger partial charge is 0.328 e. The fourth-order valence-electron chi connectivity index (χ4n) is 3.80. The molecule has 5 amide bonds. The summed E-state index contributed by atoms with van der Waals surface area (Å²) >= 11 is 0. The van der Waals surface area contributed by atoms with Gasteiger partial charge in [0.2, 0.25) is 11.7 Å². The van der Waals surface area contributed by atoms with Gasteiger partial charge in [0.05, 0.1) is 6.20 Å². The van der Waals surface area contributed by atoms with Crippen molar-refractivity contribution in [2.45, 2.75) is 32.2 Å². The summed E-state index contributed by atoms with van der Waals surface area (Å²) in [5.41, 5.74) is -1.02. The highest BCUT2D eigenvalue weighted by Gasteiger charge is 2.58. The Hall–Kier alpha value is -2.91. The fraction of sp³-hybridized carbons (Fsp3) is 0.611. The summed E-state index contributed by atoms with van der Waals surface area (Å²) in [6.07, 6.45) is 3.18. The molecule has 10 heteroatoms. The van der Waals surface area contributed by atoms with Gasteiger partial charge in [-0.15, -0.1) is 0 Å². The maximum absolute atomic E-state index is 13.2. The third-order valence-corrected chi connectivity index (χ3v) is 5.27. The first-order valence-corrected chi connectivity index (χ1v) is 9.32. The average molecular weight is 391 g/mol. The van der Waals surface area contributed by atoms with Crippen LogP contribution >= 0.6 is 0 Å². The minimum atomic E-state index is -1.02. The van der Waals surface area contributed by atoms with E-state index >= 15 is 0 Å². The molecule has 1 N–H and O–H groups in total. The standard InChI is InChI=1S/C18H25N5O5/c1-12(2)9-23-17(27)22(10-14(24)19-3)16(26)18(23)4-6-21(7-5-18)15(25)13-8-20-11-28-13/h8,11-12H,4-7,9-10H2,1-3H3,(H,19,24). The molecule has 1 spiro atoms. The molecule has 0 saturated carbocycles. The minimum Gasteiger partial charge on any atom is -0.438 e. The SMILES string of the molecule is CNC(=O)CN1C(=O)N(CC(C)C)C2(CCN(C(=O)c3cnco3)CC2)C1=O. The molecule has 2 saturated heterocycles. The van der Waals surface area contributed by atoms with Crippen LogP contribution in [0.25, 0.3) is 0 Å². The van der Waals surface area contributed by atoms with E-state index in [0.29, 0.717) is 32.5 Å². The molecule has 0 aromatic carbocycles. The molecule has 1 aromatic heterocycles. The Morgan fingerprint density at radius 1 is 1.29 bits per heavy atom. The molecule has 3 rings (SSSR count). The lowest BCUT2D eigenvalue weighted by Gasteiger charge is -2.42.